The number of hydrogen-bond donors (Lipinski definition) is 1. The minimum Gasteiger partial charge on any atom is -0.327 e. The molecule has 0 saturated heterocycles. The molecule has 1 aliphatic rings. The van der Waals surface area contributed by atoms with E-state index in [2.05, 4.69) is 22.9 Å². The molecule has 0 aromatic heterocycles. The van der Waals surface area contributed by atoms with Crippen molar-refractivity contribution in [3.63, 3.8) is 0 Å². The Morgan fingerprint density at radius 3 is 2.67 bits per heavy atom. The molecule has 1 atom stereocenters. The molecule has 1 nitrogen and oxygen atoms in total. The Kier molecular flexibility index (Phi) is 2.86. The summed E-state index contributed by atoms with van der Waals surface area (Å²) in [6.45, 7) is 2.20. The summed E-state index contributed by atoms with van der Waals surface area (Å²) in [5.41, 5.74) is 7.37. The summed E-state index contributed by atoms with van der Waals surface area (Å²) in [5, 5.41) is 0. The van der Waals surface area contributed by atoms with Crippen LogP contribution in [0.2, 0.25) is 0 Å². The predicted molar refractivity (Wildman–Crippen MR) is 63.1 cm³/mol. The largest absolute Gasteiger partial charge is 0.327 e. The predicted octanol–water partition coefficient (Wildman–Crippen LogP) is 3.26. The zero-order valence-electron chi connectivity index (χ0n) is 8.76. The molecule has 82 valence electrons. The first kappa shape index (κ1) is 11.1. The maximum Gasteiger partial charge on any atom is 0.124 e. The van der Waals surface area contributed by atoms with E-state index in [0.717, 1.165) is 16.5 Å². The van der Waals surface area contributed by atoms with Gasteiger partial charge in [0.05, 0.1) is 0 Å². The standard InChI is InChI=1S/C12H15BrFN/c1-12(2-3-12)11(15)6-8-4-9(13)7-10(14)5-8/h4-5,7,11H,2-3,6,15H2,1H3. The monoisotopic (exact) mass is 271 g/mol. The first-order valence-corrected chi connectivity index (χ1v) is 5.99. The molecular formula is C12H15BrFN. The summed E-state index contributed by atoms with van der Waals surface area (Å²) in [6.07, 6.45) is 3.15. The molecule has 2 N–H and O–H groups in total. The Hall–Kier alpha value is -0.410. The maximum atomic E-state index is 13.1. The van der Waals surface area contributed by atoms with Crippen LogP contribution in [0.1, 0.15) is 25.3 Å². The Balaban J connectivity index is 2.10. The Morgan fingerprint density at radius 2 is 2.13 bits per heavy atom. The van der Waals surface area contributed by atoms with Gasteiger partial charge in [-0.05, 0) is 48.4 Å². The van der Waals surface area contributed by atoms with Gasteiger partial charge in [0.15, 0.2) is 0 Å². The molecule has 0 heterocycles. The topological polar surface area (TPSA) is 26.0 Å². The average Bonchev–Trinajstić information content (AvgIpc) is 2.83. The van der Waals surface area contributed by atoms with Gasteiger partial charge in [0.2, 0.25) is 0 Å². The van der Waals surface area contributed by atoms with Crippen molar-refractivity contribution < 1.29 is 4.39 Å². The van der Waals surface area contributed by atoms with E-state index in [1.165, 1.54) is 18.9 Å². The van der Waals surface area contributed by atoms with Gasteiger partial charge in [0.25, 0.3) is 0 Å². The van der Waals surface area contributed by atoms with Crippen molar-refractivity contribution in [3.05, 3.63) is 34.1 Å². The van der Waals surface area contributed by atoms with Gasteiger partial charge in [-0.15, -0.1) is 0 Å². The van der Waals surface area contributed by atoms with Crippen LogP contribution in [0.5, 0.6) is 0 Å². The van der Waals surface area contributed by atoms with Gasteiger partial charge in [-0.25, -0.2) is 4.39 Å². The molecule has 0 bridgehead atoms. The lowest BCUT2D eigenvalue weighted by molar-refractivity contribution is 0.432. The normalized spacial score (nSPS) is 20.0. The van der Waals surface area contributed by atoms with Crippen LogP contribution in [-0.4, -0.2) is 6.04 Å². The molecule has 3 heteroatoms. The molecule has 2 rings (SSSR count). The third kappa shape index (κ3) is 2.58. The molecule has 1 fully saturated rings. The fraction of sp³-hybridized carbons (Fsp3) is 0.500. The Labute approximate surface area is 98.0 Å². The summed E-state index contributed by atoms with van der Waals surface area (Å²) in [4.78, 5) is 0. The van der Waals surface area contributed by atoms with Crippen LogP contribution >= 0.6 is 15.9 Å². The smallest absolute Gasteiger partial charge is 0.124 e. The quantitative estimate of drug-likeness (QED) is 0.898. The van der Waals surface area contributed by atoms with Gasteiger partial charge >= 0.3 is 0 Å². The lowest BCUT2D eigenvalue weighted by Crippen LogP contribution is -2.31. The molecule has 1 aromatic rings. The third-order valence-electron chi connectivity index (χ3n) is 3.31. The Morgan fingerprint density at radius 1 is 1.47 bits per heavy atom. The fourth-order valence-corrected chi connectivity index (χ4v) is 2.31. The minimum atomic E-state index is -0.201. The van der Waals surface area contributed by atoms with Crippen LogP contribution in [0.4, 0.5) is 4.39 Å². The minimum absolute atomic E-state index is 0.145. The van der Waals surface area contributed by atoms with Gasteiger partial charge in [0, 0.05) is 10.5 Å². The maximum absolute atomic E-state index is 13.1. The molecule has 1 unspecified atom stereocenters. The van der Waals surface area contributed by atoms with E-state index < -0.39 is 0 Å². The van der Waals surface area contributed by atoms with Crippen LogP contribution in [0.15, 0.2) is 22.7 Å². The SMILES string of the molecule is CC1(C(N)Cc2cc(F)cc(Br)c2)CC1. The highest BCUT2D eigenvalue weighted by atomic mass is 79.9. The van der Waals surface area contributed by atoms with Gasteiger partial charge in [-0.2, -0.15) is 0 Å². The van der Waals surface area contributed by atoms with Crippen molar-refractivity contribution in [1.82, 2.24) is 0 Å². The second-order valence-electron chi connectivity index (χ2n) is 4.74. The molecule has 15 heavy (non-hydrogen) atoms. The molecular weight excluding hydrogens is 257 g/mol. The fourth-order valence-electron chi connectivity index (χ4n) is 1.80. The van der Waals surface area contributed by atoms with Crippen molar-refractivity contribution in [1.29, 1.82) is 0 Å². The van der Waals surface area contributed by atoms with E-state index in [-0.39, 0.29) is 11.9 Å². The highest BCUT2D eigenvalue weighted by Gasteiger charge is 2.42. The van der Waals surface area contributed by atoms with Crippen LogP contribution < -0.4 is 5.73 Å². The summed E-state index contributed by atoms with van der Waals surface area (Å²) in [5.74, 6) is -0.201. The van der Waals surface area contributed by atoms with Gasteiger partial charge in [0.1, 0.15) is 5.82 Å². The van der Waals surface area contributed by atoms with Crippen molar-refractivity contribution in [2.45, 2.75) is 32.2 Å². The lowest BCUT2D eigenvalue weighted by atomic mass is 9.93. The van der Waals surface area contributed by atoms with E-state index in [4.69, 9.17) is 5.73 Å². The summed E-state index contributed by atoms with van der Waals surface area (Å²) in [7, 11) is 0. The molecule has 0 amide bonds. The lowest BCUT2D eigenvalue weighted by Gasteiger charge is -2.18. The van der Waals surface area contributed by atoms with Crippen molar-refractivity contribution in [2.75, 3.05) is 0 Å². The van der Waals surface area contributed by atoms with Crippen molar-refractivity contribution in [3.8, 4) is 0 Å². The number of halogens is 2. The van der Waals surface area contributed by atoms with E-state index in [1.807, 2.05) is 6.07 Å². The van der Waals surface area contributed by atoms with Gasteiger partial charge in [-0.3, -0.25) is 0 Å². The molecule has 0 aliphatic heterocycles. The van der Waals surface area contributed by atoms with Crippen LogP contribution in [0, 0.1) is 11.2 Å². The van der Waals surface area contributed by atoms with E-state index in [9.17, 15) is 4.39 Å². The summed E-state index contributed by atoms with van der Waals surface area (Å²) in [6, 6.07) is 5.12. The van der Waals surface area contributed by atoms with Crippen LogP contribution in [0.3, 0.4) is 0 Å². The highest BCUT2D eigenvalue weighted by molar-refractivity contribution is 9.10. The number of rotatable bonds is 3. The Bertz CT molecular complexity index is 354. The van der Waals surface area contributed by atoms with Gasteiger partial charge < -0.3 is 5.73 Å². The van der Waals surface area contributed by atoms with Crippen molar-refractivity contribution >= 4 is 15.9 Å². The first-order chi connectivity index (χ1) is 6.99. The molecule has 1 saturated carbocycles. The molecule has 1 aliphatic carbocycles. The summed E-state index contributed by atoms with van der Waals surface area (Å²) >= 11 is 3.29. The van der Waals surface area contributed by atoms with E-state index >= 15 is 0 Å². The third-order valence-corrected chi connectivity index (χ3v) is 3.77. The van der Waals surface area contributed by atoms with Crippen LogP contribution in [0.25, 0.3) is 0 Å². The van der Waals surface area contributed by atoms with E-state index in [0.29, 0.717) is 5.41 Å². The number of nitrogens with two attached hydrogens (primary N) is 1. The number of hydrogen-bond acceptors (Lipinski definition) is 1. The average molecular weight is 272 g/mol. The van der Waals surface area contributed by atoms with Gasteiger partial charge in [-0.1, -0.05) is 22.9 Å². The highest BCUT2D eigenvalue weighted by Crippen LogP contribution is 2.48. The zero-order valence-corrected chi connectivity index (χ0v) is 10.3. The first-order valence-electron chi connectivity index (χ1n) is 5.20. The van der Waals surface area contributed by atoms with E-state index in [1.54, 1.807) is 6.07 Å². The molecule has 0 radical (unpaired) electrons. The zero-order chi connectivity index (χ0) is 11.1. The second-order valence-corrected chi connectivity index (χ2v) is 5.66. The molecule has 1 aromatic carbocycles. The molecule has 0 spiro atoms. The summed E-state index contributed by atoms with van der Waals surface area (Å²) < 4.78 is 13.9. The number of benzene rings is 1. The van der Waals surface area contributed by atoms with Crippen LogP contribution in [-0.2, 0) is 6.42 Å². The second kappa shape index (κ2) is 3.87. The van der Waals surface area contributed by atoms with Crippen molar-refractivity contribution in [2.24, 2.45) is 11.1 Å².